The van der Waals surface area contributed by atoms with Crippen LogP contribution >= 0.6 is 10.2 Å². The molecule has 9 heteroatoms. The van der Waals surface area contributed by atoms with Crippen molar-refractivity contribution < 1.29 is 27.8 Å². The number of hydrogen-bond donors (Lipinski definition) is 0. The molecule has 0 aliphatic rings. The Balaban J connectivity index is 2.31. The van der Waals surface area contributed by atoms with Gasteiger partial charge in [-0.15, -0.1) is 0 Å². The molecule has 0 aliphatic carbocycles. The van der Waals surface area contributed by atoms with E-state index in [0.717, 1.165) is 12.1 Å². The van der Waals surface area contributed by atoms with Gasteiger partial charge in [-0.05, 0) is 29.8 Å². The summed E-state index contributed by atoms with van der Waals surface area (Å²) in [6.07, 6.45) is 0. The molecule has 2 aromatic rings. The first kappa shape index (κ1) is 16.8. The average Bonchev–Trinajstić information content (AvgIpc) is 2.37. The summed E-state index contributed by atoms with van der Waals surface area (Å²) in [5.41, 5.74) is -0.00514. The average molecular weight is 358 g/mol. The third kappa shape index (κ3) is 3.98. The zero-order valence-electron chi connectivity index (χ0n) is 10.9. The van der Waals surface area contributed by atoms with Gasteiger partial charge in [0.05, 0.1) is 10.6 Å². The van der Waals surface area contributed by atoms with E-state index in [9.17, 15) is 27.8 Å². The summed E-state index contributed by atoms with van der Waals surface area (Å²) in [7, 11) is -13.5. The van der Waals surface area contributed by atoms with Gasteiger partial charge >= 0.3 is 10.2 Å². The van der Waals surface area contributed by atoms with Crippen molar-refractivity contribution in [2.45, 2.75) is 15.5 Å². The van der Waals surface area contributed by atoms with E-state index in [1.54, 1.807) is 6.07 Å². The molecule has 0 aliphatic heterocycles. The molecule has 0 atom stereocenters. The molecule has 0 aromatic heterocycles. The smallest absolute Gasteiger partial charge is 0.223 e. The van der Waals surface area contributed by atoms with E-state index in [-0.39, 0.29) is 22.6 Å². The highest BCUT2D eigenvalue weighted by atomic mass is 32.5. The van der Waals surface area contributed by atoms with Gasteiger partial charge in [0.1, 0.15) is 4.90 Å². The molecule has 0 amide bonds. The Bertz CT molecular complexity index is 782. The molecule has 0 fully saturated rings. The van der Waals surface area contributed by atoms with Crippen molar-refractivity contribution in [3.05, 3.63) is 60.2 Å². The second-order valence-corrected chi connectivity index (χ2v) is 9.08. The summed E-state index contributed by atoms with van der Waals surface area (Å²) in [5, 5.41) is 0. The van der Waals surface area contributed by atoms with E-state index in [0.29, 0.717) is 0 Å². The Morgan fingerprint density at radius 2 is 1.27 bits per heavy atom. The molecule has 22 heavy (non-hydrogen) atoms. The molecular weight excluding hydrogens is 347 g/mol. The van der Waals surface area contributed by atoms with Crippen LogP contribution in [0, 0.1) is 0 Å². The van der Waals surface area contributed by atoms with Crippen LogP contribution in [0.4, 0.5) is 19.4 Å². The number of benzene rings is 2. The van der Waals surface area contributed by atoms with Gasteiger partial charge in [-0.1, -0.05) is 49.8 Å². The molecule has 122 valence electrons. The maximum atomic E-state index is 12.6. The Labute approximate surface area is 124 Å². The molecule has 0 N–H and O–H groups in total. The molecule has 2 nitrogen and oxygen atoms in total. The maximum absolute atomic E-state index is 12.6. The summed E-state index contributed by atoms with van der Waals surface area (Å²) in [4.78, 5) is -2.03. The lowest BCUT2D eigenvalue weighted by molar-refractivity contribution is 0.364. The standard InChI is InChI=1S/C13H11F5O2S2/c14-22(15,16,17,18)13-8-6-11(7-9-13)10-21(19,20)12-4-2-1-3-5-12/h1-9H,10H2. The summed E-state index contributed by atoms with van der Waals surface area (Å²) in [5.74, 6) is -0.572. The normalized spacial score (nSPS) is 15.9. The number of rotatable bonds is 4. The van der Waals surface area contributed by atoms with Gasteiger partial charge in [0.25, 0.3) is 0 Å². The van der Waals surface area contributed by atoms with Crippen LogP contribution in [0.15, 0.2) is 64.4 Å². The quantitative estimate of drug-likeness (QED) is 0.694. The fourth-order valence-electron chi connectivity index (χ4n) is 1.77. The molecule has 0 radical (unpaired) electrons. The summed E-state index contributed by atoms with van der Waals surface area (Å²) >= 11 is 0. The summed E-state index contributed by atoms with van der Waals surface area (Å²) in [6, 6.07) is 9.21. The first-order chi connectivity index (χ1) is 9.78. The van der Waals surface area contributed by atoms with Crippen molar-refractivity contribution in [3.8, 4) is 0 Å². The highest BCUT2D eigenvalue weighted by Gasteiger charge is 2.65. The van der Waals surface area contributed by atoms with Crippen molar-refractivity contribution in [2.24, 2.45) is 0 Å². The number of halogens is 5. The predicted octanol–water partition coefficient (Wildman–Crippen LogP) is 5.32. The van der Waals surface area contributed by atoms with Crippen molar-refractivity contribution in [1.29, 1.82) is 0 Å². The van der Waals surface area contributed by atoms with Gasteiger partial charge in [0.15, 0.2) is 9.84 Å². The predicted molar refractivity (Wildman–Crippen MR) is 75.2 cm³/mol. The van der Waals surface area contributed by atoms with Gasteiger partial charge in [0, 0.05) is 0 Å². The molecule has 0 heterocycles. The molecule has 2 rings (SSSR count). The van der Waals surface area contributed by atoms with Crippen LogP contribution in [0.2, 0.25) is 0 Å². The van der Waals surface area contributed by atoms with Crippen LogP contribution in [-0.2, 0) is 15.6 Å². The van der Waals surface area contributed by atoms with Crippen LogP contribution < -0.4 is 0 Å². The second kappa shape index (κ2) is 4.45. The van der Waals surface area contributed by atoms with Gasteiger partial charge in [0.2, 0.25) is 0 Å². The lowest BCUT2D eigenvalue weighted by Gasteiger charge is -2.40. The highest BCUT2D eigenvalue weighted by Crippen LogP contribution is 3.02. The van der Waals surface area contributed by atoms with Crippen molar-refractivity contribution in [3.63, 3.8) is 0 Å². The largest absolute Gasteiger partial charge is 0.310 e. The molecule has 2 aromatic carbocycles. The minimum absolute atomic E-state index is 0.00514. The minimum atomic E-state index is -9.73. The van der Waals surface area contributed by atoms with Crippen molar-refractivity contribution >= 4 is 20.1 Å². The van der Waals surface area contributed by atoms with Crippen LogP contribution in [0.5, 0.6) is 0 Å². The first-order valence-electron chi connectivity index (χ1n) is 5.89. The van der Waals surface area contributed by atoms with Gasteiger partial charge in [-0.2, -0.15) is 0 Å². The molecular formula is C13H11F5O2S2. The summed E-state index contributed by atoms with van der Waals surface area (Å²) < 4.78 is 86.9. The second-order valence-electron chi connectivity index (χ2n) is 4.69. The van der Waals surface area contributed by atoms with E-state index >= 15 is 0 Å². The first-order valence-corrected chi connectivity index (χ1v) is 9.49. The van der Waals surface area contributed by atoms with Gasteiger partial charge < -0.3 is 0 Å². The fraction of sp³-hybridized carbons (Fsp3) is 0.0769. The van der Waals surface area contributed by atoms with E-state index < -0.39 is 30.7 Å². The van der Waals surface area contributed by atoms with Crippen molar-refractivity contribution in [2.75, 3.05) is 0 Å². The van der Waals surface area contributed by atoms with Gasteiger partial charge in [-0.25, -0.2) is 8.42 Å². The number of sulfone groups is 1. The Kier molecular flexibility index (Phi) is 3.39. The Morgan fingerprint density at radius 3 is 1.73 bits per heavy atom. The van der Waals surface area contributed by atoms with Crippen LogP contribution in [0.3, 0.4) is 0 Å². The van der Waals surface area contributed by atoms with Crippen LogP contribution in [-0.4, -0.2) is 8.42 Å². The zero-order valence-corrected chi connectivity index (χ0v) is 12.6. The molecule has 0 bridgehead atoms. The minimum Gasteiger partial charge on any atom is -0.223 e. The monoisotopic (exact) mass is 358 g/mol. The van der Waals surface area contributed by atoms with E-state index in [1.807, 2.05) is 0 Å². The third-order valence-electron chi connectivity index (χ3n) is 2.83. The Hall–Kier alpha value is -1.61. The highest BCUT2D eigenvalue weighted by molar-refractivity contribution is 8.45. The SMILES string of the molecule is O=S(=O)(Cc1ccc(S(F)(F)(F)(F)F)cc1)c1ccccc1. The fourth-order valence-corrected chi connectivity index (χ4v) is 3.79. The molecule has 0 unspecified atom stereocenters. The van der Waals surface area contributed by atoms with E-state index in [2.05, 4.69) is 0 Å². The lowest BCUT2D eigenvalue weighted by atomic mass is 10.2. The topological polar surface area (TPSA) is 34.1 Å². The lowest BCUT2D eigenvalue weighted by Crippen LogP contribution is -2.07. The summed E-state index contributed by atoms with van der Waals surface area (Å²) in [6.45, 7) is 0. The molecule has 0 saturated heterocycles. The van der Waals surface area contributed by atoms with Crippen LogP contribution in [0.25, 0.3) is 0 Å². The van der Waals surface area contributed by atoms with E-state index in [1.165, 1.54) is 24.3 Å². The Morgan fingerprint density at radius 1 is 0.773 bits per heavy atom. The molecule has 0 saturated carbocycles. The third-order valence-corrected chi connectivity index (χ3v) is 5.69. The van der Waals surface area contributed by atoms with Crippen molar-refractivity contribution in [1.82, 2.24) is 0 Å². The van der Waals surface area contributed by atoms with Gasteiger partial charge in [-0.3, -0.25) is 0 Å². The maximum Gasteiger partial charge on any atom is 0.310 e. The zero-order chi connectivity index (χ0) is 16.7. The molecule has 0 spiro atoms. The van der Waals surface area contributed by atoms with E-state index in [4.69, 9.17) is 0 Å². The van der Waals surface area contributed by atoms with Crippen LogP contribution in [0.1, 0.15) is 5.56 Å². The number of hydrogen-bond acceptors (Lipinski definition) is 2.